The summed E-state index contributed by atoms with van der Waals surface area (Å²) in [5.74, 6) is 1.45. The minimum atomic E-state index is -0.250. The SMILES string of the molecule is CC[NH+](CC(=O)NCc1ccccc1)Cc1nc2cc(OC)c(OC)cc2c(=O)[nH]1. The second-order valence-electron chi connectivity index (χ2n) is 6.96. The molecule has 1 heterocycles. The van der Waals surface area contributed by atoms with Crippen molar-refractivity contribution in [1.29, 1.82) is 0 Å². The predicted molar refractivity (Wildman–Crippen MR) is 114 cm³/mol. The first-order valence-corrected chi connectivity index (χ1v) is 9.83. The molecular weight excluding hydrogens is 384 g/mol. The number of nitrogens with one attached hydrogen (secondary N) is 3. The van der Waals surface area contributed by atoms with E-state index >= 15 is 0 Å². The van der Waals surface area contributed by atoms with Gasteiger partial charge in [-0.15, -0.1) is 0 Å². The molecule has 0 aliphatic carbocycles. The molecule has 0 fully saturated rings. The van der Waals surface area contributed by atoms with Crippen molar-refractivity contribution in [3.8, 4) is 11.5 Å². The molecule has 0 saturated heterocycles. The lowest BCUT2D eigenvalue weighted by Crippen LogP contribution is -3.11. The average molecular weight is 411 g/mol. The number of fused-ring (bicyclic) bond motifs is 1. The average Bonchev–Trinajstić information content (AvgIpc) is 2.77. The Balaban J connectivity index is 1.71. The van der Waals surface area contributed by atoms with Crippen molar-refractivity contribution in [3.05, 3.63) is 64.2 Å². The fourth-order valence-corrected chi connectivity index (χ4v) is 3.23. The van der Waals surface area contributed by atoms with Gasteiger partial charge < -0.3 is 24.7 Å². The Morgan fingerprint density at radius 3 is 2.50 bits per heavy atom. The van der Waals surface area contributed by atoms with Crippen molar-refractivity contribution in [2.45, 2.75) is 20.0 Å². The van der Waals surface area contributed by atoms with Crippen LogP contribution in [-0.4, -0.2) is 43.2 Å². The molecule has 0 aliphatic rings. The molecular formula is C22H27N4O4+. The lowest BCUT2D eigenvalue weighted by atomic mass is 10.2. The smallest absolute Gasteiger partial charge is 0.275 e. The van der Waals surface area contributed by atoms with Gasteiger partial charge >= 0.3 is 0 Å². The molecule has 30 heavy (non-hydrogen) atoms. The number of methoxy groups -OCH3 is 2. The first-order valence-electron chi connectivity index (χ1n) is 9.83. The summed E-state index contributed by atoms with van der Waals surface area (Å²) in [6, 6.07) is 13.1. The highest BCUT2D eigenvalue weighted by atomic mass is 16.5. The van der Waals surface area contributed by atoms with Gasteiger partial charge in [0, 0.05) is 12.6 Å². The third-order valence-electron chi connectivity index (χ3n) is 4.92. The zero-order valence-electron chi connectivity index (χ0n) is 17.5. The Bertz CT molecular complexity index is 1070. The Morgan fingerprint density at radius 2 is 1.83 bits per heavy atom. The van der Waals surface area contributed by atoms with Crippen LogP contribution in [0.3, 0.4) is 0 Å². The van der Waals surface area contributed by atoms with Crippen LogP contribution in [0.25, 0.3) is 10.9 Å². The standard InChI is InChI=1S/C22H26N4O4/c1-4-26(14-21(27)23-12-15-8-6-5-7-9-15)13-20-24-17-11-19(30-3)18(29-2)10-16(17)22(28)25-20/h5-11H,4,12-14H2,1-3H3,(H,23,27)(H,24,25,28)/p+1. The molecule has 3 N–H and O–H groups in total. The number of H-pyrrole nitrogens is 1. The van der Waals surface area contributed by atoms with E-state index < -0.39 is 0 Å². The van der Waals surface area contributed by atoms with Gasteiger partial charge in [0.25, 0.3) is 11.5 Å². The number of hydrogen-bond acceptors (Lipinski definition) is 5. The van der Waals surface area contributed by atoms with Crippen LogP contribution in [0.5, 0.6) is 11.5 Å². The minimum absolute atomic E-state index is 0.0507. The minimum Gasteiger partial charge on any atom is -0.493 e. The van der Waals surface area contributed by atoms with E-state index in [2.05, 4.69) is 15.3 Å². The highest BCUT2D eigenvalue weighted by molar-refractivity contribution is 5.81. The van der Waals surface area contributed by atoms with E-state index in [-0.39, 0.29) is 18.0 Å². The van der Waals surface area contributed by atoms with Gasteiger partial charge in [-0.25, -0.2) is 4.98 Å². The van der Waals surface area contributed by atoms with Crippen LogP contribution in [0.15, 0.2) is 47.3 Å². The molecule has 1 unspecified atom stereocenters. The number of carbonyl (C=O) groups is 1. The summed E-state index contributed by atoms with van der Waals surface area (Å²) >= 11 is 0. The number of aromatic amines is 1. The molecule has 1 amide bonds. The lowest BCUT2D eigenvalue weighted by molar-refractivity contribution is -0.904. The van der Waals surface area contributed by atoms with Gasteiger partial charge in [0.05, 0.1) is 31.7 Å². The number of benzene rings is 2. The summed E-state index contributed by atoms with van der Waals surface area (Å²) < 4.78 is 10.6. The Morgan fingerprint density at radius 1 is 1.13 bits per heavy atom. The fourth-order valence-electron chi connectivity index (χ4n) is 3.23. The van der Waals surface area contributed by atoms with Crippen LogP contribution in [0.4, 0.5) is 0 Å². The number of quaternary nitrogens is 1. The Hall–Kier alpha value is -3.39. The number of rotatable bonds is 9. The van der Waals surface area contributed by atoms with Crippen molar-refractivity contribution in [2.75, 3.05) is 27.3 Å². The van der Waals surface area contributed by atoms with E-state index in [1.165, 1.54) is 14.2 Å². The normalized spacial score (nSPS) is 11.8. The molecule has 2 aromatic carbocycles. The molecule has 1 atom stereocenters. The fraction of sp³-hybridized carbons (Fsp3) is 0.318. The molecule has 0 aliphatic heterocycles. The Kier molecular flexibility index (Phi) is 7.03. The van der Waals surface area contributed by atoms with E-state index in [0.717, 1.165) is 10.5 Å². The summed E-state index contributed by atoms with van der Waals surface area (Å²) in [4.78, 5) is 33.3. The summed E-state index contributed by atoms with van der Waals surface area (Å²) in [6.45, 7) is 3.91. The topological polar surface area (TPSA) is 97.8 Å². The number of hydrogen-bond donors (Lipinski definition) is 3. The number of ether oxygens (including phenoxy) is 2. The second-order valence-corrected chi connectivity index (χ2v) is 6.96. The van der Waals surface area contributed by atoms with Crippen LogP contribution in [0, 0.1) is 0 Å². The molecule has 1 aromatic heterocycles. The van der Waals surface area contributed by atoms with Crippen LogP contribution >= 0.6 is 0 Å². The highest BCUT2D eigenvalue weighted by Crippen LogP contribution is 2.29. The van der Waals surface area contributed by atoms with Crippen molar-refractivity contribution in [3.63, 3.8) is 0 Å². The summed E-state index contributed by atoms with van der Waals surface area (Å²) in [6.07, 6.45) is 0. The van der Waals surface area contributed by atoms with Crippen LogP contribution < -0.4 is 25.2 Å². The third-order valence-corrected chi connectivity index (χ3v) is 4.92. The number of nitrogens with zero attached hydrogens (tertiary/aromatic N) is 1. The van der Waals surface area contributed by atoms with E-state index in [9.17, 15) is 9.59 Å². The quantitative estimate of drug-likeness (QED) is 0.481. The van der Waals surface area contributed by atoms with Gasteiger partial charge in [-0.2, -0.15) is 0 Å². The number of carbonyl (C=O) groups excluding carboxylic acids is 1. The van der Waals surface area contributed by atoms with Gasteiger partial charge in [0.15, 0.2) is 23.9 Å². The van der Waals surface area contributed by atoms with E-state index in [4.69, 9.17) is 9.47 Å². The predicted octanol–water partition coefficient (Wildman–Crippen LogP) is 0.662. The van der Waals surface area contributed by atoms with Crippen LogP contribution in [0.1, 0.15) is 18.3 Å². The zero-order valence-corrected chi connectivity index (χ0v) is 17.5. The van der Waals surface area contributed by atoms with Crippen molar-refractivity contribution < 1.29 is 19.2 Å². The maximum absolute atomic E-state index is 12.5. The summed E-state index contributed by atoms with van der Waals surface area (Å²) in [7, 11) is 3.06. The van der Waals surface area contributed by atoms with Crippen LogP contribution in [0.2, 0.25) is 0 Å². The Labute approximate surface area is 174 Å². The van der Waals surface area contributed by atoms with E-state index in [0.29, 0.717) is 47.9 Å². The van der Waals surface area contributed by atoms with Gasteiger partial charge in [0.2, 0.25) is 0 Å². The van der Waals surface area contributed by atoms with Crippen molar-refractivity contribution in [2.24, 2.45) is 0 Å². The molecule has 0 saturated carbocycles. The number of amides is 1. The molecule has 3 rings (SSSR count). The van der Waals surface area contributed by atoms with E-state index in [1.54, 1.807) is 12.1 Å². The summed E-state index contributed by atoms with van der Waals surface area (Å²) in [5, 5.41) is 3.36. The van der Waals surface area contributed by atoms with Gasteiger partial charge in [-0.1, -0.05) is 30.3 Å². The van der Waals surface area contributed by atoms with E-state index in [1.807, 2.05) is 37.3 Å². The van der Waals surface area contributed by atoms with Crippen LogP contribution in [-0.2, 0) is 17.9 Å². The first-order chi connectivity index (χ1) is 14.5. The zero-order chi connectivity index (χ0) is 21.5. The molecule has 0 bridgehead atoms. The maximum Gasteiger partial charge on any atom is 0.275 e. The molecule has 0 spiro atoms. The van der Waals surface area contributed by atoms with Crippen molar-refractivity contribution in [1.82, 2.24) is 15.3 Å². The third kappa shape index (κ3) is 5.15. The molecule has 8 heteroatoms. The van der Waals surface area contributed by atoms with Crippen molar-refractivity contribution >= 4 is 16.8 Å². The first kappa shape index (κ1) is 21.3. The highest BCUT2D eigenvalue weighted by Gasteiger charge is 2.16. The number of likely N-dealkylation sites (N-methyl/N-ethyl adjacent to an activating group) is 1. The molecule has 8 nitrogen and oxygen atoms in total. The summed E-state index contributed by atoms with van der Waals surface area (Å²) in [5.41, 5.74) is 1.32. The maximum atomic E-state index is 12.5. The molecule has 0 radical (unpaired) electrons. The van der Waals surface area contributed by atoms with Gasteiger partial charge in [-0.3, -0.25) is 9.59 Å². The molecule has 158 valence electrons. The second kappa shape index (κ2) is 9.89. The molecule has 3 aromatic rings. The van der Waals surface area contributed by atoms with Gasteiger partial charge in [0.1, 0.15) is 6.54 Å². The number of aromatic nitrogens is 2. The largest absolute Gasteiger partial charge is 0.493 e. The van der Waals surface area contributed by atoms with Gasteiger partial charge in [-0.05, 0) is 18.6 Å². The lowest BCUT2D eigenvalue weighted by Gasteiger charge is -2.17. The monoisotopic (exact) mass is 411 g/mol.